The smallest absolute Gasteiger partial charge is 0.177 e. The van der Waals surface area contributed by atoms with Crippen LogP contribution in [0.4, 0.5) is 0 Å². The summed E-state index contributed by atoms with van der Waals surface area (Å²) in [5.41, 5.74) is 8.89. The Balaban J connectivity index is 1.95. The van der Waals surface area contributed by atoms with Crippen LogP contribution < -0.4 is 11.1 Å². The Morgan fingerprint density at radius 1 is 1.19 bits per heavy atom. The molecule has 1 aromatic heterocycles. The Labute approximate surface area is 129 Å². The number of rotatable bonds is 4. The number of hydrazone groups is 1. The minimum absolute atomic E-state index is 0.766. The molecule has 1 aromatic carbocycles. The summed E-state index contributed by atoms with van der Waals surface area (Å²) in [6, 6.07) is 8.33. The first-order valence-electron chi connectivity index (χ1n) is 6.97. The predicted octanol–water partition coefficient (Wildman–Crippen LogP) is 1.73. The van der Waals surface area contributed by atoms with Crippen LogP contribution in [0.2, 0.25) is 0 Å². The van der Waals surface area contributed by atoms with Crippen LogP contribution >= 0.6 is 12.6 Å². The third kappa shape index (κ3) is 2.50. The van der Waals surface area contributed by atoms with Gasteiger partial charge in [0, 0.05) is 6.54 Å². The van der Waals surface area contributed by atoms with Crippen LogP contribution in [0.5, 0.6) is 0 Å². The van der Waals surface area contributed by atoms with Crippen molar-refractivity contribution < 1.29 is 0 Å². The van der Waals surface area contributed by atoms with Gasteiger partial charge in [-0.25, -0.2) is 10.2 Å². The summed E-state index contributed by atoms with van der Waals surface area (Å²) >= 11 is 4.61. The number of aromatic nitrogens is 2. The van der Waals surface area contributed by atoms with E-state index in [9.17, 15) is 0 Å². The van der Waals surface area contributed by atoms with Gasteiger partial charge >= 0.3 is 0 Å². The van der Waals surface area contributed by atoms with Crippen LogP contribution in [-0.4, -0.2) is 27.2 Å². The van der Waals surface area contributed by atoms with Crippen molar-refractivity contribution in [1.82, 2.24) is 25.9 Å². The topological polar surface area (TPSA) is 57.5 Å². The van der Waals surface area contributed by atoms with Crippen molar-refractivity contribution in [1.29, 1.82) is 0 Å². The highest BCUT2D eigenvalue weighted by Gasteiger charge is 2.22. The Morgan fingerprint density at radius 2 is 1.95 bits per heavy atom. The van der Waals surface area contributed by atoms with Gasteiger partial charge in [0.15, 0.2) is 5.84 Å². The molecule has 0 unspecified atom stereocenters. The Morgan fingerprint density at radius 3 is 2.62 bits per heavy atom. The number of hydrogen-bond acceptors (Lipinski definition) is 6. The third-order valence-electron chi connectivity index (χ3n) is 3.49. The Bertz CT molecular complexity index is 661. The molecule has 0 aliphatic carbocycles. The summed E-state index contributed by atoms with van der Waals surface area (Å²) in [5, 5.41) is 11.3. The number of amidine groups is 1. The molecule has 7 heteroatoms. The number of nitrogens with one attached hydrogen (secondary N) is 2. The van der Waals surface area contributed by atoms with Crippen LogP contribution in [0.15, 0.2) is 40.6 Å². The summed E-state index contributed by atoms with van der Waals surface area (Å²) in [7, 11) is 0. The van der Waals surface area contributed by atoms with Crippen molar-refractivity contribution in [2.75, 3.05) is 6.54 Å². The van der Waals surface area contributed by atoms with Crippen LogP contribution in [-0.2, 0) is 6.42 Å². The van der Waals surface area contributed by atoms with Gasteiger partial charge in [-0.2, -0.15) is 5.10 Å². The number of thiol groups is 1. The normalized spacial score (nSPS) is 14.2. The lowest BCUT2D eigenvalue weighted by atomic mass is 10.1. The first-order valence-corrected chi connectivity index (χ1v) is 7.41. The van der Waals surface area contributed by atoms with Gasteiger partial charge in [0.25, 0.3) is 0 Å². The lowest BCUT2D eigenvalue weighted by molar-refractivity contribution is 0.308. The second-order valence-corrected chi connectivity index (χ2v) is 5.14. The van der Waals surface area contributed by atoms with Crippen molar-refractivity contribution >= 4 is 18.5 Å². The maximum absolute atomic E-state index is 4.61. The fraction of sp³-hybridized carbons (Fsp3) is 0.286. The van der Waals surface area contributed by atoms with E-state index in [0.717, 1.165) is 35.1 Å². The molecule has 1 aliphatic rings. The molecule has 0 saturated carbocycles. The molecule has 0 bridgehead atoms. The average Bonchev–Trinajstić information content (AvgIpc) is 3.13. The second-order valence-electron chi connectivity index (χ2n) is 4.72. The molecule has 0 spiro atoms. The predicted molar refractivity (Wildman–Crippen MR) is 85.4 cm³/mol. The summed E-state index contributed by atoms with van der Waals surface area (Å²) in [5.74, 6) is 0.791. The molecular weight excluding hydrogens is 284 g/mol. The standard InChI is InChI=1S/C14H18N6S/c1-3-10-5-7-11(8-6-10)20-14(21)12(9-15-20)13-16-17-18-19(13)4-2/h5-9,17-18,21H,3-4H2,1-2H3. The van der Waals surface area contributed by atoms with Gasteiger partial charge in [0.2, 0.25) is 0 Å². The molecule has 6 nitrogen and oxygen atoms in total. The Kier molecular flexibility index (Phi) is 3.85. The van der Waals surface area contributed by atoms with Crippen LogP contribution in [0.3, 0.4) is 0 Å². The molecule has 2 N–H and O–H groups in total. The molecule has 3 rings (SSSR count). The number of aryl methyl sites for hydroxylation is 1. The first-order chi connectivity index (χ1) is 10.2. The highest BCUT2D eigenvalue weighted by atomic mass is 32.1. The van der Waals surface area contributed by atoms with Gasteiger partial charge in [-0.3, -0.25) is 5.01 Å². The highest BCUT2D eigenvalue weighted by Crippen LogP contribution is 2.21. The SMILES string of the molecule is CCc1ccc(-n2ncc(C3=NNNN3CC)c2S)cc1. The summed E-state index contributed by atoms with van der Waals surface area (Å²) < 4.78 is 1.81. The second kappa shape index (κ2) is 5.79. The zero-order valence-electron chi connectivity index (χ0n) is 12.0. The van der Waals surface area contributed by atoms with Gasteiger partial charge in [-0.1, -0.05) is 19.1 Å². The van der Waals surface area contributed by atoms with E-state index in [2.05, 4.69) is 65.1 Å². The van der Waals surface area contributed by atoms with Gasteiger partial charge in [0.05, 0.1) is 17.4 Å². The van der Waals surface area contributed by atoms with E-state index in [-0.39, 0.29) is 0 Å². The van der Waals surface area contributed by atoms with Crippen LogP contribution in [0, 0.1) is 0 Å². The highest BCUT2D eigenvalue weighted by molar-refractivity contribution is 7.80. The molecule has 0 atom stereocenters. The van der Waals surface area contributed by atoms with Crippen LogP contribution in [0.25, 0.3) is 5.69 Å². The molecule has 21 heavy (non-hydrogen) atoms. The molecule has 0 saturated heterocycles. The Hall–Kier alpha value is -1.99. The zero-order valence-corrected chi connectivity index (χ0v) is 12.9. The first kappa shape index (κ1) is 14.0. The van der Waals surface area contributed by atoms with Gasteiger partial charge in [0.1, 0.15) is 5.03 Å². The third-order valence-corrected chi connectivity index (χ3v) is 3.92. The number of hydrazine groups is 2. The quantitative estimate of drug-likeness (QED) is 0.753. The van der Waals surface area contributed by atoms with E-state index in [1.807, 2.05) is 16.6 Å². The van der Waals surface area contributed by atoms with Gasteiger partial charge < -0.3 is 0 Å². The number of nitrogens with zero attached hydrogens (tertiary/aromatic N) is 4. The molecule has 2 aromatic rings. The lowest BCUT2D eigenvalue weighted by Gasteiger charge is -2.15. The van der Waals surface area contributed by atoms with Gasteiger partial charge in [-0.05, 0) is 31.0 Å². The van der Waals surface area contributed by atoms with Crippen molar-refractivity contribution in [3.05, 3.63) is 41.6 Å². The summed E-state index contributed by atoms with van der Waals surface area (Å²) in [4.78, 5) is 0. The van der Waals surface area contributed by atoms with E-state index >= 15 is 0 Å². The molecule has 2 heterocycles. The fourth-order valence-corrected chi connectivity index (χ4v) is 2.57. The van der Waals surface area contributed by atoms with Gasteiger partial charge in [-0.15, -0.1) is 23.3 Å². The van der Waals surface area contributed by atoms with Crippen molar-refractivity contribution in [2.45, 2.75) is 25.3 Å². The molecule has 0 fully saturated rings. The average molecular weight is 302 g/mol. The monoisotopic (exact) mass is 302 g/mol. The molecule has 0 amide bonds. The van der Waals surface area contributed by atoms with Crippen molar-refractivity contribution in [2.24, 2.45) is 5.10 Å². The minimum Gasteiger partial charge on any atom is -0.271 e. The summed E-state index contributed by atoms with van der Waals surface area (Å²) in [6.45, 7) is 4.97. The van der Waals surface area contributed by atoms with E-state index in [1.54, 1.807) is 6.20 Å². The molecule has 1 aliphatic heterocycles. The van der Waals surface area contributed by atoms with E-state index in [0.29, 0.717) is 0 Å². The maximum Gasteiger partial charge on any atom is 0.177 e. The van der Waals surface area contributed by atoms with Crippen LogP contribution in [0.1, 0.15) is 25.0 Å². The van der Waals surface area contributed by atoms with Crippen molar-refractivity contribution in [3.8, 4) is 5.69 Å². The summed E-state index contributed by atoms with van der Waals surface area (Å²) in [6.07, 6.45) is 2.81. The fourth-order valence-electron chi connectivity index (χ4n) is 2.25. The lowest BCUT2D eigenvalue weighted by Crippen LogP contribution is -2.40. The molecule has 110 valence electrons. The molecule has 0 radical (unpaired) electrons. The van der Waals surface area contributed by atoms with E-state index < -0.39 is 0 Å². The largest absolute Gasteiger partial charge is 0.271 e. The maximum atomic E-state index is 4.61. The minimum atomic E-state index is 0.766. The van der Waals surface area contributed by atoms with E-state index in [4.69, 9.17) is 0 Å². The zero-order chi connectivity index (χ0) is 14.8. The van der Waals surface area contributed by atoms with E-state index in [1.165, 1.54) is 5.56 Å². The number of hydrogen-bond donors (Lipinski definition) is 3. The number of benzene rings is 1. The molecular formula is C14H18N6S. The van der Waals surface area contributed by atoms with Crippen molar-refractivity contribution in [3.63, 3.8) is 0 Å².